The SMILES string of the molecule is CCC1CCCC(N2CCC(CC(C)(C)C)CC2=O)CC1. The van der Waals surface area contributed by atoms with E-state index in [4.69, 9.17) is 0 Å². The van der Waals surface area contributed by atoms with Crippen LogP contribution in [0.15, 0.2) is 0 Å². The van der Waals surface area contributed by atoms with E-state index >= 15 is 0 Å². The first-order chi connectivity index (χ1) is 9.89. The first-order valence-electron chi connectivity index (χ1n) is 9.18. The lowest BCUT2D eigenvalue weighted by Crippen LogP contribution is -2.45. The molecule has 0 aromatic rings. The van der Waals surface area contributed by atoms with Gasteiger partial charge in [0.25, 0.3) is 0 Å². The van der Waals surface area contributed by atoms with Crippen LogP contribution in [-0.4, -0.2) is 23.4 Å². The second-order valence-corrected chi connectivity index (χ2v) is 8.65. The zero-order valence-electron chi connectivity index (χ0n) is 14.7. The van der Waals surface area contributed by atoms with Crippen molar-refractivity contribution in [2.45, 2.75) is 91.5 Å². The van der Waals surface area contributed by atoms with E-state index in [9.17, 15) is 4.79 Å². The van der Waals surface area contributed by atoms with Gasteiger partial charge in [-0.3, -0.25) is 4.79 Å². The van der Waals surface area contributed by atoms with Crippen LogP contribution in [-0.2, 0) is 4.79 Å². The van der Waals surface area contributed by atoms with Crippen LogP contribution in [0.3, 0.4) is 0 Å². The van der Waals surface area contributed by atoms with E-state index in [0.717, 1.165) is 18.9 Å². The van der Waals surface area contributed by atoms with Gasteiger partial charge in [-0.25, -0.2) is 0 Å². The predicted molar refractivity (Wildman–Crippen MR) is 89.2 cm³/mol. The Kier molecular flexibility index (Phi) is 5.73. The standard InChI is InChI=1S/C19H35NO/c1-5-15-7-6-8-17(10-9-15)20-12-11-16(13-18(20)21)14-19(2,3)4/h15-17H,5-14H2,1-4H3. The minimum absolute atomic E-state index is 0.351. The maximum Gasteiger partial charge on any atom is 0.223 e. The summed E-state index contributed by atoms with van der Waals surface area (Å²) < 4.78 is 0. The molecule has 2 fully saturated rings. The molecule has 1 saturated carbocycles. The largest absolute Gasteiger partial charge is 0.340 e. The van der Waals surface area contributed by atoms with Crippen molar-refractivity contribution in [3.63, 3.8) is 0 Å². The monoisotopic (exact) mass is 293 g/mol. The molecular formula is C19H35NO. The summed E-state index contributed by atoms with van der Waals surface area (Å²) in [4.78, 5) is 14.8. The summed E-state index contributed by atoms with van der Waals surface area (Å²) >= 11 is 0. The van der Waals surface area contributed by atoms with E-state index in [1.165, 1.54) is 51.4 Å². The highest BCUT2D eigenvalue weighted by Crippen LogP contribution is 2.34. The molecule has 0 bridgehead atoms. The lowest BCUT2D eigenvalue weighted by atomic mass is 9.80. The van der Waals surface area contributed by atoms with E-state index in [-0.39, 0.29) is 0 Å². The first-order valence-corrected chi connectivity index (χ1v) is 9.18. The van der Waals surface area contributed by atoms with Crippen molar-refractivity contribution >= 4 is 5.91 Å². The Morgan fingerprint density at radius 2 is 1.81 bits per heavy atom. The van der Waals surface area contributed by atoms with Crippen molar-refractivity contribution in [2.75, 3.05) is 6.54 Å². The molecule has 2 nitrogen and oxygen atoms in total. The number of hydrogen-bond donors (Lipinski definition) is 0. The number of amides is 1. The molecule has 2 heteroatoms. The number of likely N-dealkylation sites (tertiary alicyclic amines) is 1. The Labute approximate surface area is 131 Å². The number of carbonyl (C=O) groups excluding carboxylic acids is 1. The molecule has 2 aliphatic rings. The van der Waals surface area contributed by atoms with Crippen molar-refractivity contribution in [2.24, 2.45) is 17.3 Å². The van der Waals surface area contributed by atoms with Gasteiger partial charge in [-0.05, 0) is 49.4 Å². The van der Waals surface area contributed by atoms with Crippen LogP contribution in [0.4, 0.5) is 0 Å². The molecule has 0 aromatic heterocycles. The second-order valence-electron chi connectivity index (χ2n) is 8.65. The van der Waals surface area contributed by atoms with Gasteiger partial charge in [-0.15, -0.1) is 0 Å². The molecule has 1 aliphatic heterocycles. The highest BCUT2D eigenvalue weighted by Gasteiger charge is 2.33. The molecule has 0 N–H and O–H groups in total. The molecule has 0 spiro atoms. The summed E-state index contributed by atoms with van der Waals surface area (Å²) in [6.07, 6.45) is 11.0. The van der Waals surface area contributed by atoms with Crippen LogP contribution in [0.2, 0.25) is 0 Å². The highest BCUT2D eigenvalue weighted by molar-refractivity contribution is 5.77. The summed E-state index contributed by atoms with van der Waals surface area (Å²) in [5, 5.41) is 0. The molecule has 1 amide bonds. The van der Waals surface area contributed by atoms with Gasteiger partial charge in [-0.1, -0.05) is 47.0 Å². The average molecular weight is 293 g/mol. The normalized spacial score (nSPS) is 32.1. The lowest BCUT2D eigenvalue weighted by Gasteiger charge is -2.39. The minimum Gasteiger partial charge on any atom is -0.340 e. The Bertz CT molecular complexity index is 344. The number of rotatable bonds is 3. The second kappa shape index (κ2) is 7.15. The van der Waals surface area contributed by atoms with Gasteiger partial charge >= 0.3 is 0 Å². The number of hydrogen-bond acceptors (Lipinski definition) is 1. The van der Waals surface area contributed by atoms with Gasteiger partial charge in [0.1, 0.15) is 0 Å². The Balaban J connectivity index is 1.87. The summed E-state index contributed by atoms with van der Waals surface area (Å²) in [5.41, 5.74) is 0.351. The fourth-order valence-corrected chi connectivity index (χ4v) is 4.42. The zero-order valence-corrected chi connectivity index (χ0v) is 14.7. The maximum atomic E-state index is 12.6. The molecule has 122 valence electrons. The van der Waals surface area contributed by atoms with Gasteiger partial charge in [0.2, 0.25) is 5.91 Å². The average Bonchev–Trinajstić information content (AvgIpc) is 2.62. The van der Waals surface area contributed by atoms with Crippen molar-refractivity contribution in [1.29, 1.82) is 0 Å². The van der Waals surface area contributed by atoms with E-state index in [1.807, 2.05) is 0 Å². The zero-order chi connectivity index (χ0) is 15.5. The maximum absolute atomic E-state index is 12.6. The van der Waals surface area contributed by atoms with Gasteiger partial charge < -0.3 is 4.90 Å². The molecule has 1 saturated heterocycles. The van der Waals surface area contributed by atoms with Gasteiger partial charge in [0.05, 0.1) is 0 Å². The third kappa shape index (κ3) is 5.00. The lowest BCUT2D eigenvalue weighted by molar-refractivity contribution is -0.138. The summed E-state index contributed by atoms with van der Waals surface area (Å²) in [6, 6.07) is 0.546. The summed E-state index contributed by atoms with van der Waals surface area (Å²) in [5.74, 6) is 1.96. The molecule has 0 radical (unpaired) electrons. The molecule has 3 unspecified atom stereocenters. The van der Waals surface area contributed by atoms with Gasteiger partial charge in [0.15, 0.2) is 0 Å². The van der Waals surface area contributed by atoms with E-state index in [1.54, 1.807) is 0 Å². The van der Waals surface area contributed by atoms with Crippen molar-refractivity contribution in [1.82, 2.24) is 4.90 Å². The third-order valence-electron chi connectivity index (χ3n) is 5.54. The molecule has 2 rings (SSSR count). The number of piperidine rings is 1. The van der Waals surface area contributed by atoms with E-state index in [2.05, 4.69) is 32.6 Å². The number of carbonyl (C=O) groups is 1. The van der Waals surface area contributed by atoms with Crippen LogP contribution in [0.25, 0.3) is 0 Å². The first kappa shape index (κ1) is 16.8. The fourth-order valence-electron chi connectivity index (χ4n) is 4.42. The Morgan fingerprint density at radius 3 is 2.43 bits per heavy atom. The van der Waals surface area contributed by atoms with Crippen molar-refractivity contribution in [3.05, 3.63) is 0 Å². The van der Waals surface area contributed by atoms with Crippen LogP contribution in [0, 0.1) is 17.3 Å². The van der Waals surface area contributed by atoms with E-state index in [0.29, 0.717) is 23.3 Å². The van der Waals surface area contributed by atoms with Gasteiger partial charge in [-0.2, -0.15) is 0 Å². The predicted octanol–water partition coefficient (Wildman–Crippen LogP) is 5.02. The molecule has 0 aromatic carbocycles. The topological polar surface area (TPSA) is 20.3 Å². The Morgan fingerprint density at radius 1 is 1.05 bits per heavy atom. The third-order valence-corrected chi connectivity index (χ3v) is 5.54. The van der Waals surface area contributed by atoms with Crippen LogP contribution >= 0.6 is 0 Å². The minimum atomic E-state index is 0.351. The summed E-state index contributed by atoms with van der Waals surface area (Å²) in [7, 11) is 0. The van der Waals surface area contributed by atoms with Crippen molar-refractivity contribution in [3.8, 4) is 0 Å². The molecule has 1 heterocycles. The summed E-state index contributed by atoms with van der Waals surface area (Å²) in [6.45, 7) is 10.2. The fraction of sp³-hybridized carbons (Fsp3) is 0.947. The van der Waals surface area contributed by atoms with Gasteiger partial charge in [0, 0.05) is 19.0 Å². The quantitative estimate of drug-likeness (QED) is 0.669. The molecule has 3 atom stereocenters. The molecule has 1 aliphatic carbocycles. The van der Waals surface area contributed by atoms with Crippen LogP contribution in [0.5, 0.6) is 0 Å². The Hall–Kier alpha value is -0.530. The van der Waals surface area contributed by atoms with Crippen LogP contribution in [0.1, 0.15) is 85.5 Å². The molecule has 21 heavy (non-hydrogen) atoms. The van der Waals surface area contributed by atoms with Crippen molar-refractivity contribution < 1.29 is 4.79 Å². The highest BCUT2D eigenvalue weighted by atomic mass is 16.2. The smallest absolute Gasteiger partial charge is 0.223 e. The molecular weight excluding hydrogens is 258 g/mol. The number of nitrogens with zero attached hydrogens (tertiary/aromatic N) is 1. The van der Waals surface area contributed by atoms with Crippen LogP contribution < -0.4 is 0 Å². The van der Waals surface area contributed by atoms with E-state index < -0.39 is 0 Å².